The number of hydrogen-bond donors (Lipinski definition) is 2. The number of fused-ring (bicyclic) bond motifs is 1. The van der Waals surface area contributed by atoms with Crippen LogP contribution in [0.3, 0.4) is 0 Å². The number of H-pyrrole nitrogens is 1. The molecule has 2 N–H and O–H groups in total. The molecule has 1 amide bonds. The second-order valence-corrected chi connectivity index (χ2v) is 8.59. The van der Waals surface area contributed by atoms with E-state index >= 15 is 0 Å². The highest BCUT2D eigenvalue weighted by atomic mass is 32.1. The number of carbonyl (C=O) groups is 1. The molecule has 0 aliphatic rings. The van der Waals surface area contributed by atoms with Crippen LogP contribution in [0.15, 0.2) is 58.3 Å². The van der Waals surface area contributed by atoms with E-state index in [1.807, 2.05) is 44.2 Å². The molecule has 1 aromatic carbocycles. The SMILES string of the molecule is Cc1sc2nc(CCC(=O)Nc3ccc(Cn4ccccc4=O)cc3)[nH]c(=O)c2c1C. The maximum Gasteiger partial charge on any atom is 0.259 e. The van der Waals surface area contributed by atoms with Crippen molar-refractivity contribution in [3.05, 3.63) is 91.2 Å². The van der Waals surface area contributed by atoms with Crippen molar-refractivity contribution >= 4 is 33.1 Å². The zero-order valence-corrected chi connectivity index (χ0v) is 18.1. The number of nitrogens with one attached hydrogen (secondary N) is 2. The maximum absolute atomic E-state index is 12.3. The lowest BCUT2D eigenvalue weighted by Crippen LogP contribution is -2.18. The Morgan fingerprint density at radius 3 is 2.65 bits per heavy atom. The molecule has 0 radical (unpaired) electrons. The molecule has 4 rings (SSSR count). The number of rotatable bonds is 6. The number of pyridine rings is 1. The summed E-state index contributed by atoms with van der Waals surface area (Å²) in [6.07, 6.45) is 2.30. The van der Waals surface area contributed by atoms with Crippen LogP contribution in [0.1, 0.15) is 28.2 Å². The number of aryl methyl sites for hydroxylation is 3. The molecule has 3 aromatic heterocycles. The third-order valence-electron chi connectivity index (χ3n) is 5.17. The lowest BCUT2D eigenvalue weighted by molar-refractivity contribution is -0.116. The van der Waals surface area contributed by atoms with Gasteiger partial charge >= 0.3 is 0 Å². The lowest BCUT2D eigenvalue weighted by Gasteiger charge is -2.08. The van der Waals surface area contributed by atoms with Gasteiger partial charge in [0, 0.05) is 35.7 Å². The molecule has 0 aliphatic carbocycles. The molecule has 0 saturated heterocycles. The van der Waals surface area contributed by atoms with Gasteiger partial charge in [-0.15, -0.1) is 11.3 Å². The predicted molar refractivity (Wildman–Crippen MR) is 123 cm³/mol. The molecule has 0 fully saturated rings. The lowest BCUT2D eigenvalue weighted by atomic mass is 10.2. The highest BCUT2D eigenvalue weighted by Crippen LogP contribution is 2.25. The van der Waals surface area contributed by atoms with E-state index in [2.05, 4.69) is 15.3 Å². The van der Waals surface area contributed by atoms with Gasteiger partial charge in [0.1, 0.15) is 10.7 Å². The smallest absolute Gasteiger partial charge is 0.259 e. The van der Waals surface area contributed by atoms with Crippen LogP contribution in [0.25, 0.3) is 10.2 Å². The summed E-state index contributed by atoms with van der Waals surface area (Å²) in [5.74, 6) is 0.353. The predicted octanol–water partition coefficient (Wildman–Crippen LogP) is 3.38. The number of carbonyl (C=O) groups excluding carboxylic acids is 1. The number of aromatic amines is 1. The first-order valence-corrected chi connectivity index (χ1v) is 10.8. The topological polar surface area (TPSA) is 96.8 Å². The van der Waals surface area contributed by atoms with Crippen molar-refractivity contribution in [3.63, 3.8) is 0 Å². The molecule has 31 heavy (non-hydrogen) atoms. The molecular formula is C23H22N4O3S. The van der Waals surface area contributed by atoms with Crippen molar-refractivity contribution in [3.8, 4) is 0 Å². The van der Waals surface area contributed by atoms with E-state index in [4.69, 9.17) is 0 Å². The highest BCUT2D eigenvalue weighted by Gasteiger charge is 2.12. The third-order valence-corrected chi connectivity index (χ3v) is 6.27. The maximum atomic E-state index is 12.3. The fourth-order valence-corrected chi connectivity index (χ4v) is 4.40. The summed E-state index contributed by atoms with van der Waals surface area (Å²) in [6, 6.07) is 12.4. The van der Waals surface area contributed by atoms with Gasteiger partial charge in [-0.1, -0.05) is 18.2 Å². The first-order valence-electron chi connectivity index (χ1n) is 9.94. The van der Waals surface area contributed by atoms with E-state index in [0.717, 1.165) is 16.0 Å². The van der Waals surface area contributed by atoms with E-state index in [1.165, 1.54) is 17.4 Å². The molecule has 3 heterocycles. The monoisotopic (exact) mass is 434 g/mol. The second-order valence-electron chi connectivity index (χ2n) is 7.39. The molecule has 0 spiro atoms. The average molecular weight is 435 g/mol. The Balaban J connectivity index is 1.37. The summed E-state index contributed by atoms with van der Waals surface area (Å²) >= 11 is 1.49. The van der Waals surface area contributed by atoms with Gasteiger partial charge in [-0.05, 0) is 43.2 Å². The fourth-order valence-electron chi connectivity index (χ4n) is 3.35. The van der Waals surface area contributed by atoms with Gasteiger partial charge in [0.25, 0.3) is 11.1 Å². The Kier molecular flexibility index (Phi) is 5.81. The van der Waals surface area contributed by atoms with Crippen molar-refractivity contribution in [2.24, 2.45) is 0 Å². The molecule has 0 atom stereocenters. The standard InChI is InChI=1S/C23H22N4O3S/c1-14-15(2)31-23-21(14)22(30)25-18(26-23)10-11-19(28)24-17-8-6-16(7-9-17)13-27-12-4-3-5-20(27)29/h3-9,12H,10-11,13H2,1-2H3,(H,24,28)(H,25,26,30). The van der Waals surface area contributed by atoms with Gasteiger partial charge in [0.05, 0.1) is 11.9 Å². The zero-order valence-electron chi connectivity index (χ0n) is 17.3. The molecule has 0 bridgehead atoms. The Labute approximate surface area is 182 Å². The Bertz CT molecular complexity index is 1370. The summed E-state index contributed by atoms with van der Waals surface area (Å²) in [5, 5.41) is 3.49. The van der Waals surface area contributed by atoms with Crippen molar-refractivity contribution < 1.29 is 4.79 Å². The molecule has 4 aromatic rings. The first-order chi connectivity index (χ1) is 14.9. The van der Waals surface area contributed by atoms with E-state index in [1.54, 1.807) is 16.8 Å². The normalized spacial score (nSPS) is 11.0. The summed E-state index contributed by atoms with van der Waals surface area (Å²) in [4.78, 5) is 45.6. The number of anilines is 1. The van der Waals surface area contributed by atoms with Crippen LogP contribution in [-0.2, 0) is 17.8 Å². The van der Waals surface area contributed by atoms with Gasteiger partial charge in [0.15, 0.2) is 0 Å². The van der Waals surface area contributed by atoms with E-state index < -0.39 is 0 Å². The zero-order chi connectivity index (χ0) is 22.0. The highest BCUT2D eigenvalue weighted by molar-refractivity contribution is 7.18. The van der Waals surface area contributed by atoms with Crippen molar-refractivity contribution in [1.29, 1.82) is 0 Å². The molecule has 0 aliphatic heterocycles. The van der Waals surface area contributed by atoms with E-state index in [9.17, 15) is 14.4 Å². The molecule has 158 valence electrons. The molecule has 8 heteroatoms. The van der Waals surface area contributed by atoms with Crippen molar-refractivity contribution in [2.75, 3.05) is 5.32 Å². The van der Waals surface area contributed by atoms with Crippen LogP contribution in [0.4, 0.5) is 5.69 Å². The van der Waals surface area contributed by atoms with Crippen LogP contribution >= 0.6 is 11.3 Å². The quantitative estimate of drug-likeness (QED) is 0.486. The van der Waals surface area contributed by atoms with Crippen LogP contribution < -0.4 is 16.4 Å². The number of amides is 1. The number of thiophene rings is 1. The van der Waals surface area contributed by atoms with Crippen LogP contribution in [-0.4, -0.2) is 20.4 Å². The first kappa shape index (κ1) is 20.7. The summed E-state index contributed by atoms with van der Waals surface area (Å²) < 4.78 is 1.62. The Hall–Kier alpha value is -3.52. The van der Waals surface area contributed by atoms with Gasteiger partial charge in [-0.25, -0.2) is 4.98 Å². The molecule has 0 unspecified atom stereocenters. The number of benzene rings is 1. The number of nitrogens with zero attached hydrogens (tertiary/aromatic N) is 2. The Morgan fingerprint density at radius 1 is 1.13 bits per heavy atom. The van der Waals surface area contributed by atoms with Crippen LogP contribution in [0.2, 0.25) is 0 Å². The van der Waals surface area contributed by atoms with Crippen molar-refractivity contribution in [2.45, 2.75) is 33.2 Å². The number of hydrogen-bond acceptors (Lipinski definition) is 5. The minimum absolute atomic E-state index is 0.0578. The molecule has 7 nitrogen and oxygen atoms in total. The molecule has 0 saturated carbocycles. The van der Waals surface area contributed by atoms with Gasteiger partial charge < -0.3 is 14.9 Å². The summed E-state index contributed by atoms with van der Waals surface area (Å²) in [5.41, 5.74) is 2.38. The van der Waals surface area contributed by atoms with E-state index in [-0.39, 0.29) is 23.4 Å². The second kappa shape index (κ2) is 8.69. The largest absolute Gasteiger partial charge is 0.326 e. The minimum Gasteiger partial charge on any atom is -0.326 e. The summed E-state index contributed by atoms with van der Waals surface area (Å²) in [6.45, 7) is 4.36. The number of aromatic nitrogens is 3. The molecular weight excluding hydrogens is 412 g/mol. The van der Waals surface area contributed by atoms with Crippen LogP contribution in [0.5, 0.6) is 0 Å². The Morgan fingerprint density at radius 2 is 1.90 bits per heavy atom. The van der Waals surface area contributed by atoms with Gasteiger partial charge in [-0.3, -0.25) is 14.4 Å². The fraction of sp³-hybridized carbons (Fsp3) is 0.217. The van der Waals surface area contributed by atoms with Gasteiger partial charge in [-0.2, -0.15) is 0 Å². The van der Waals surface area contributed by atoms with Crippen LogP contribution in [0, 0.1) is 13.8 Å². The summed E-state index contributed by atoms with van der Waals surface area (Å²) in [7, 11) is 0. The van der Waals surface area contributed by atoms with Gasteiger partial charge in [0.2, 0.25) is 5.91 Å². The average Bonchev–Trinajstić information content (AvgIpc) is 3.03. The van der Waals surface area contributed by atoms with E-state index in [0.29, 0.717) is 34.7 Å². The van der Waals surface area contributed by atoms with Crippen molar-refractivity contribution in [1.82, 2.24) is 14.5 Å². The minimum atomic E-state index is -0.159. The third kappa shape index (κ3) is 4.64.